The van der Waals surface area contributed by atoms with Crippen molar-refractivity contribution in [2.45, 2.75) is 19.9 Å². The lowest BCUT2D eigenvalue weighted by Gasteiger charge is -2.05. The number of thiazole rings is 1. The van der Waals surface area contributed by atoms with Crippen LogP contribution >= 0.6 is 11.3 Å². The van der Waals surface area contributed by atoms with E-state index in [-0.39, 0.29) is 0 Å². The van der Waals surface area contributed by atoms with Gasteiger partial charge in [-0.2, -0.15) is 0 Å². The Hall–Kier alpha value is -1.88. The van der Waals surface area contributed by atoms with Crippen molar-refractivity contribution in [3.63, 3.8) is 0 Å². The Labute approximate surface area is 110 Å². The Bertz CT molecular complexity index is 551. The number of primary amides is 1. The second kappa shape index (κ2) is 5.64. The maximum absolute atomic E-state index is 11.1. The molecule has 1 aromatic carbocycles. The molecule has 0 atom stereocenters. The van der Waals surface area contributed by atoms with Crippen LogP contribution in [0.1, 0.15) is 27.2 Å². The van der Waals surface area contributed by atoms with Gasteiger partial charge in [0, 0.05) is 22.3 Å². The van der Waals surface area contributed by atoms with E-state index >= 15 is 0 Å². The van der Waals surface area contributed by atoms with Crippen LogP contribution < -0.4 is 11.1 Å². The van der Waals surface area contributed by atoms with E-state index in [1.165, 1.54) is 4.88 Å². The molecule has 2 aromatic rings. The summed E-state index contributed by atoms with van der Waals surface area (Å²) in [4.78, 5) is 16.5. The monoisotopic (exact) mass is 261 g/mol. The van der Waals surface area contributed by atoms with Gasteiger partial charge in [0.15, 0.2) is 0 Å². The van der Waals surface area contributed by atoms with Gasteiger partial charge in [-0.3, -0.25) is 4.79 Å². The molecule has 0 spiro atoms. The zero-order valence-electron chi connectivity index (χ0n) is 10.1. The van der Waals surface area contributed by atoms with E-state index in [1.807, 2.05) is 18.3 Å². The first kappa shape index (κ1) is 12.6. The molecule has 0 bridgehead atoms. The van der Waals surface area contributed by atoms with Crippen LogP contribution in [0.2, 0.25) is 0 Å². The SMILES string of the molecule is CCc1ncc(CNc2cccc(C(N)=O)c2)s1. The minimum atomic E-state index is -0.412. The third-order valence-electron chi connectivity index (χ3n) is 2.52. The molecular formula is C13H15N3OS. The van der Waals surface area contributed by atoms with Gasteiger partial charge in [0.25, 0.3) is 0 Å². The minimum Gasteiger partial charge on any atom is -0.380 e. The molecule has 0 aliphatic rings. The fraction of sp³-hybridized carbons (Fsp3) is 0.231. The van der Waals surface area contributed by atoms with Gasteiger partial charge in [-0.1, -0.05) is 13.0 Å². The molecule has 3 N–H and O–H groups in total. The van der Waals surface area contributed by atoms with Crippen LogP contribution in [-0.2, 0) is 13.0 Å². The number of benzene rings is 1. The molecule has 5 heteroatoms. The molecule has 1 amide bonds. The van der Waals surface area contributed by atoms with Gasteiger partial charge in [0.05, 0.1) is 11.6 Å². The Morgan fingerprint density at radius 2 is 2.33 bits per heavy atom. The summed E-state index contributed by atoms with van der Waals surface area (Å²) in [7, 11) is 0. The van der Waals surface area contributed by atoms with E-state index in [0.717, 1.165) is 17.1 Å². The Morgan fingerprint density at radius 1 is 1.50 bits per heavy atom. The number of rotatable bonds is 5. The van der Waals surface area contributed by atoms with Crippen LogP contribution in [0, 0.1) is 0 Å². The number of amides is 1. The fourth-order valence-electron chi connectivity index (χ4n) is 1.56. The topological polar surface area (TPSA) is 68.0 Å². The van der Waals surface area contributed by atoms with Crippen molar-refractivity contribution in [1.82, 2.24) is 4.98 Å². The van der Waals surface area contributed by atoms with E-state index in [4.69, 9.17) is 5.73 Å². The largest absolute Gasteiger partial charge is 0.380 e. The summed E-state index contributed by atoms with van der Waals surface area (Å²) in [5, 5.41) is 4.39. The predicted molar refractivity (Wildman–Crippen MR) is 73.8 cm³/mol. The van der Waals surface area contributed by atoms with E-state index in [0.29, 0.717) is 12.1 Å². The van der Waals surface area contributed by atoms with Crippen molar-refractivity contribution in [3.8, 4) is 0 Å². The lowest BCUT2D eigenvalue weighted by Crippen LogP contribution is -2.11. The Kier molecular flexibility index (Phi) is 3.94. The molecule has 0 unspecified atom stereocenters. The zero-order valence-corrected chi connectivity index (χ0v) is 11.0. The third-order valence-corrected chi connectivity index (χ3v) is 3.66. The number of nitrogens with two attached hydrogens (primary N) is 1. The first-order valence-electron chi connectivity index (χ1n) is 5.76. The van der Waals surface area contributed by atoms with Gasteiger partial charge in [0.2, 0.25) is 5.91 Å². The number of hydrogen-bond donors (Lipinski definition) is 2. The number of anilines is 1. The van der Waals surface area contributed by atoms with Gasteiger partial charge < -0.3 is 11.1 Å². The van der Waals surface area contributed by atoms with Crippen molar-refractivity contribution >= 4 is 22.9 Å². The second-order valence-corrected chi connectivity index (χ2v) is 5.07. The Balaban J connectivity index is 2.01. The highest BCUT2D eigenvalue weighted by atomic mass is 32.1. The fourth-order valence-corrected chi connectivity index (χ4v) is 2.37. The van der Waals surface area contributed by atoms with Crippen LogP contribution in [-0.4, -0.2) is 10.9 Å². The first-order chi connectivity index (χ1) is 8.69. The van der Waals surface area contributed by atoms with Gasteiger partial charge in [-0.15, -0.1) is 11.3 Å². The molecule has 0 saturated carbocycles. The molecule has 0 radical (unpaired) electrons. The smallest absolute Gasteiger partial charge is 0.248 e. The number of nitrogens with one attached hydrogen (secondary N) is 1. The normalized spacial score (nSPS) is 10.3. The van der Waals surface area contributed by atoms with Crippen LogP contribution in [0.3, 0.4) is 0 Å². The van der Waals surface area contributed by atoms with E-state index in [1.54, 1.807) is 23.5 Å². The number of carbonyl (C=O) groups is 1. The molecule has 0 aliphatic carbocycles. The quantitative estimate of drug-likeness (QED) is 0.868. The van der Waals surface area contributed by atoms with Crippen molar-refractivity contribution in [2.24, 2.45) is 5.73 Å². The number of carbonyl (C=O) groups excluding carboxylic acids is 1. The summed E-state index contributed by atoms with van der Waals surface area (Å²) < 4.78 is 0. The minimum absolute atomic E-state index is 0.412. The van der Waals surface area contributed by atoms with Crippen LogP contribution in [0.15, 0.2) is 30.5 Å². The highest BCUT2D eigenvalue weighted by Gasteiger charge is 2.03. The summed E-state index contributed by atoms with van der Waals surface area (Å²) in [6.07, 6.45) is 2.84. The average molecular weight is 261 g/mol. The lowest BCUT2D eigenvalue weighted by atomic mass is 10.2. The average Bonchev–Trinajstić information content (AvgIpc) is 2.84. The summed E-state index contributed by atoms with van der Waals surface area (Å²) >= 11 is 1.70. The number of aryl methyl sites for hydroxylation is 1. The number of aromatic nitrogens is 1. The van der Waals surface area contributed by atoms with Gasteiger partial charge in [0.1, 0.15) is 0 Å². The molecule has 4 nitrogen and oxygen atoms in total. The van der Waals surface area contributed by atoms with E-state index < -0.39 is 5.91 Å². The number of nitrogens with zero attached hydrogens (tertiary/aromatic N) is 1. The van der Waals surface area contributed by atoms with Gasteiger partial charge in [-0.05, 0) is 24.6 Å². The molecule has 1 heterocycles. The molecule has 0 saturated heterocycles. The highest BCUT2D eigenvalue weighted by Crippen LogP contribution is 2.16. The third kappa shape index (κ3) is 3.07. The molecule has 1 aromatic heterocycles. The number of hydrogen-bond acceptors (Lipinski definition) is 4. The zero-order chi connectivity index (χ0) is 13.0. The summed E-state index contributed by atoms with van der Waals surface area (Å²) in [6.45, 7) is 2.80. The van der Waals surface area contributed by atoms with Gasteiger partial charge in [-0.25, -0.2) is 4.98 Å². The molecule has 0 aliphatic heterocycles. The first-order valence-corrected chi connectivity index (χ1v) is 6.58. The van der Waals surface area contributed by atoms with E-state index in [2.05, 4.69) is 17.2 Å². The molecule has 18 heavy (non-hydrogen) atoms. The molecule has 2 rings (SSSR count). The summed E-state index contributed by atoms with van der Waals surface area (Å²) in [5.41, 5.74) is 6.64. The van der Waals surface area contributed by atoms with Crippen LogP contribution in [0.25, 0.3) is 0 Å². The lowest BCUT2D eigenvalue weighted by molar-refractivity contribution is 0.100. The molecule has 94 valence electrons. The van der Waals surface area contributed by atoms with Crippen LogP contribution in [0.4, 0.5) is 5.69 Å². The van der Waals surface area contributed by atoms with Crippen molar-refractivity contribution in [1.29, 1.82) is 0 Å². The Morgan fingerprint density at radius 3 is 3.00 bits per heavy atom. The summed E-state index contributed by atoms with van der Waals surface area (Å²) in [5.74, 6) is -0.412. The molecular weight excluding hydrogens is 246 g/mol. The van der Waals surface area contributed by atoms with Crippen LogP contribution in [0.5, 0.6) is 0 Å². The predicted octanol–water partition coefficient (Wildman–Crippen LogP) is 2.42. The van der Waals surface area contributed by atoms with Gasteiger partial charge >= 0.3 is 0 Å². The van der Waals surface area contributed by atoms with Crippen molar-refractivity contribution in [2.75, 3.05) is 5.32 Å². The summed E-state index contributed by atoms with van der Waals surface area (Å²) in [6, 6.07) is 7.18. The maximum atomic E-state index is 11.1. The standard InChI is InChI=1S/C13H15N3OS/c1-2-12-16-8-11(18-12)7-15-10-5-3-4-9(6-10)13(14)17/h3-6,8,15H,2,7H2,1H3,(H2,14,17). The van der Waals surface area contributed by atoms with Crippen molar-refractivity contribution < 1.29 is 4.79 Å². The highest BCUT2D eigenvalue weighted by molar-refractivity contribution is 7.11. The maximum Gasteiger partial charge on any atom is 0.248 e. The second-order valence-electron chi connectivity index (χ2n) is 3.87. The molecule has 0 fully saturated rings. The van der Waals surface area contributed by atoms with Crippen molar-refractivity contribution in [3.05, 3.63) is 45.9 Å². The van der Waals surface area contributed by atoms with E-state index in [9.17, 15) is 4.79 Å².